The van der Waals surface area contributed by atoms with Gasteiger partial charge in [-0.25, -0.2) is 4.79 Å². The van der Waals surface area contributed by atoms with Crippen molar-refractivity contribution in [2.24, 2.45) is 0 Å². The van der Waals surface area contributed by atoms with Crippen molar-refractivity contribution >= 4 is 18.7 Å². The molecule has 136 valence electrons. The van der Waals surface area contributed by atoms with E-state index in [1.54, 1.807) is 0 Å². The molecule has 1 N–H and O–H groups in total. The highest BCUT2D eigenvalue weighted by Gasteiger charge is 2.51. The van der Waals surface area contributed by atoms with Gasteiger partial charge in [0.15, 0.2) is 0 Å². The molecule has 2 fully saturated rings. The zero-order valence-electron chi connectivity index (χ0n) is 15.6. The van der Waals surface area contributed by atoms with Gasteiger partial charge in [0.2, 0.25) is 0 Å². The van der Waals surface area contributed by atoms with Gasteiger partial charge in [-0.3, -0.25) is 0 Å². The van der Waals surface area contributed by atoms with E-state index in [1.807, 2.05) is 52.0 Å². The van der Waals surface area contributed by atoms with Gasteiger partial charge in [0.05, 0.1) is 11.2 Å². The average molecular weight is 345 g/mol. The summed E-state index contributed by atoms with van der Waals surface area (Å²) in [7, 11) is -0.370. The fraction of sp³-hybridized carbons (Fsp3) is 0.632. The summed E-state index contributed by atoms with van der Waals surface area (Å²) in [5.41, 5.74) is 1.22. The zero-order valence-corrected chi connectivity index (χ0v) is 15.6. The van der Waals surface area contributed by atoms with Crippen LogP contribution in [-0.2, 0) is 20.7 Å². The third-order valence-corrected chi connectivity index (χ3v) is 5.55. The predicted octanol–water partition coefficient (Wildman–Crippen LogP) is 3.15. The highest BCUT2D eigenvalue weighted by molar-refractivity contribution is 6.62. The summed E-state index contributed by atoms with van der Waals surface area (Å²) < 4.78 is 17.4. The number of carbonyl (C=O) groups excluding carboxylic acids is 1. The molecule has 0 spiro atoms. The van der Waals surface area contributed by atoms with E-state index in [0.717, 1.165) is 23.9 Å². The van der Waals surface area contributed by atoms with Crippen molar-refractivity contribution in [1.29, 1.82) is 0 Å². The number of alkyl carbamates (subject to hydrolysis) is 1. The molecule has 6 heteroatoms. The first kappa shape index (κ1) is 18.3. The molecule has 0 radical (unpaired) electrons. The predicted molar refractivity (Wildman–Crippen MR) is 97.7 cm³/mol. The lowest BCUT2D eigenvalue weighted by atomic mass is 9.79. The maximum absolute atomic E-state index is 11.8. The van der Waals surface area contributed by atoms with Crippen LogP contribution in [0.25, 0.3) is 0 Å². The van der Waals surface area contributed by atoms with E-state index in [-0.39, 0.29) is 37.1 Å². The van der Waals surface area contributed by atoms with Crippen LogP contribution in [0.1, 0.15) is 58.9 Å². The third kappa shape index (κ3) is 4.18. The highest BCUT2D eigenvalue weighted by atomic mass is 16.7. The molecule has 1 amide bonds. The van der Waals surface area contributed by atoms with Crippen LogP contribution < -0.4 is 10.8 Å². The molecule has 1 aromatic rings. The van der Waals surface area contributed by atoms with Crippen LogP contribution in [0.2, 0.25) is 0 Å². The Labute approximate surface area is 150 Å². The summed E-state index contributed by atoms with van der Waals surface area (Å²) in [6, 6.07) is 8.11. The lowest BCUT2D eigenvalue weighted by Crippen LogP contribution is -2.41. The summed E-state index contributed by atoms with van der Waals surface area (Å²) in [4.78, 5) is 11.8. The quantitative estimate of drug-likeness (QED) is 0.852. The van der Waals surface area contributed by atoms with Gasteiger partial charge in [-0.2, -0.15) is 0 Å². The van der Waals surface area contributed by atoms with E-state index < -0.39 is 0 Å². The molecule has 25 heavy (non-hydrogen) atoms. The summed E-state index contributed by atoms with van der Waals surface area (Å²) >= 11 is 0. The van der Waals surface area contributed by atoms with Crippen molar-refractivity contribution in [3.63, 3.8) is 0 Å². The molecule has 0 atom stereocenters. The molecule has 1 aromatic carbocycles. The molecule has 0 unspecified atom stereocenters. The molecule has 1 aliphatic carbocycles. The van der Waals surface area contributed by atoms with Gasteiger partial charge in [-0.05, 0) is 51.6 Å². The Morgan fingerprint density at radius 3 is 2.24 bits per heavy atom. The minimum absolute atomic E-state index is 0.266. The van der Waals surface area contributed by atoms with Gasteiger partial charge in [0.25, 0.3) is 0 Å². The summed E-state index contributed by atoms with van der Waals surface area (Å²) in [5, 5.41) is 2.92. The van der Waals surface area contributed by atoms with Crippen molar-refractivity contribution in [1.82, 2.24) is 5.32 Å². The normalized spacial score (nSPS) is 22.2. The molecule has 1 heterocycles. The van der Waals surface area contributed by atoms with E-state index in [0.29, 0.717) is 0 Å². The van der Waals surface area contributed by atoms with E-state index in [1.165, 1.54) is 12.8 Å². The van der Waals surface area contributed by atoms with Gasteiger partial charge in [0.1, 0.15) is 6.61 Å². The van der Waals surface area contributed by atoms with Gasteiger partial charge < -0.3 is 19.4 Å². The maximum Gasteiger partial charge on any atom is 0.494 e. The maximum atomic E-state index is 11.8. The van der Waals surface area contributed by atoms with Crippen LogP contribution in [0.15, 0.2) is 24.3 Å². The number of hydrogen-bond acceptors (Lipinski definition) is 4. The number of amides is 1. The second-order valence-corrected chi connectivity index (χ2v) is 8.03. The smallest absolute Gasteiger partial charge is 0.445 e. The van der Waals surface area contributed by atoms with Crippen LogP contribution in [0.3, 0.4) is 0 Å². The summed E-state index contributed by atoms with van der Waals surface area (Å²) in [6.07, 6.45) is 4.15. The van der Waals surface area contributed by atoms with E-state index in [2.05, 4.69) is 5.32 Å². The first-order chi connectivity index (χ1) is 11.8. The van der Waals surface area contributed by atoms with Gasteiger partial charge in [-0.1, -0.05) is 37.1 Å². The van der Waals surface area contributed by atoms with Crippen LogP contribution in [0, 0.1) is 0 Å². The topological polar surface area (TPSA) is 56.8 Å². The first-order valence-electron chi connectivity index (χ1n) is 9.15. The largest absolute Gasteiger partial charge is 0.494 e. The standard InChI is InChI=1S/C19H28BNO4/c1-18(2)19(3,4)25-20(24-18)15-11-9-14(10-12-15)13-23-17(22)21-16-7-5-6-8-16/h9-12,16H,5-8,13H2,1-4H3,(H,21,22). The van der Waals surface area contributed by atoms with Gasteiger partial charge in [-0.15, -0.1) is 0 Å². The Hall–Kier alpha value is -1.53. The Balaban J connectivity index is 1.51. The molecule has 5 nitrogen and oxygen atoms in total. The molecule has 3 rings (SSSR count). The van der Waals surface area contributed by atoms with Crippen LogP contribution in [0.4, 0.5) is 4.79 Å². The Morgan fingerprint density at radius 1 is 1.12 bits per heavy atom. The van der Waals surface area contributed by atoms with Crippen LogP contribution >= 0.6 is 0 Å². The number of benzene rings is 1. The molecule has 1 aliphatic heterocycles. The monoisotopic (exact) mass is 345 g/mol. The van der Waals surface area contributed by atoms with Crippen molar-refractivity contribution < 1.29 is 18.8 Å². The summed E-state index contributed by atoms with van der Waals surface area (Å²) in [5.74, 6) is 0. The minimum Gasteiger partial charge on any atom is -0.445 e. The molecule has 0 aromatic heterocycles. The molecular formula is C19H28BNO4. The van der Waals surface area contributed by atoms with Crippen LogP contribution in [-0.4, -0.2) is 30.5 Å². The number of hydrogen-bond donors (Lipinski definition) is 1. The minimum atomic E-state index is -0.370. The first-order valence-corrected chi connectivity index (χ1v) is 9.15. The van der Waals surface area contributed by atoms with Crippen molar-refractivity contribution in [3.05, 3.63) is 29.8 Å². The molecule has 0 bridgehead atoms. The highest BCUT2D eigenvalue weighted by Crippen LogP contribution is 2.36. The van der Waals surface area contributed by atoms with E-state index >= 15 is 0 Å². The number of ether oxygens (including phenoxy) is 1. The molecular weight excluding hydrogens is 317 g/mol. The van der Waals surface area contributed by atoms with Crippen LogP contribution in [0.5, 0.6) is 0 Å². The molecule has 2 aliphatic rings. The summed E-state index contributed by atoms with van der Waals surface area (Å²) in [6.45, 7) is 8.43. The third-order valence-electron chi connectivity index (χ3n) is 5.55. The fourth-order valence-corrected chi connectivity index (χ4v) is 3.18. The van der Waals surface area contributed by atoms with Gasteiger partial charge in [0, 0.05) is 6.04 Å². The van der Waals surface area contributed by atoms with Crippen molar-refractivity contribution in [3.8, 4) is 0 Å². The van der Waals surface area contributed by atoms with Gasteiger partial charge >= 0.3 is 13.2 Å². The van der Waals surface area contributed by atoms with E-state index in [9.17, 15) is 4.79 Å². The SMILES string of the molecule is CC1(C)OB(c2ccc(COC(=O)NC3CCCC3)cc2)OC1(C)C. The lowest BCUT2D eigenvalue weighted by molar-refractivity contribution is 0.00578. The average Bonchev–Trinajstić information content (AvgIpc) is 3.12. The number of rotatable bonds is 4. The number of nitrogens with one attached hydrogen (secondary N) is 1. The zero-order chi connectivity index (χ0) is 18.1. The van der Waals surface area contributed by atoms with Crippen molar-refractivity contribution in [2.75, 3.05) is 0 Å². The fourth-order valence-electron chi connectivity index (χ4n) is 3.18. The second kappa shape index (κ2) is 7.00. The Morgan fingerprint density at radius 2 is 1.68 bits per heavy atom. The molecule has 1 saturated heterocycles. The second-order valence-electron chi connectivity index (χ2n) is 8.03. The lowest BCUT2D eigenvalue weighted by Gasteiger charge is -2.32. The Kier molecular flexibility index (Phi) is 5.12. The molecule has 1 saturated carbocycles. The van der Waals surface area contributed by atoms with Crippen molar-refractivity contribution in [2.45, 2.75) is 77.2 Å². The number of carbonyl (C=O) groups is 1. The van der Waals surface area contributed by atoms with E-state index in [4.69, 9.17) is 14.0 Å². The Bertz CT molecular complexity index is 592.